The summed E-state index contributed by atoms with van der Waals surface area (Å²) < 4.78 is 1.55. The number of halogens is 1. The van der Waals surface area contributed by atoms with Crippen molar-refractivity contribution in [3.63, 3.8) is 0 Å². The second kappa shape index (κ2) is 4.28. The summed E-state index contributed by atoms with van der Waals surface area (Å²) in [6, 6.07) is 1.82. The molecule has 0 amide bonds. The molecule has 0 aliphatic rings. The van der Waals surface area contributed by atoms with Gasteiger partial charge in [0.2, 0.25) is 0 Å². The topological polar surface area (TPSA) is 48.0 Å². The lowest BCUT2D eigenvalue weighted by atomic mass is 10.2. The summed E-state index contributed by atoms with van der Waals surface area (Å²) in [5.74, 6) is 0. The molecule has 0 bridgehead atoms. The van der Waals surface area contributed by atoms with E-state index in [1.54, 1.807) is 17.8 Å². The number of nitrogens with zero attached hydrogens (tertiary/aromatic N) is 1. The molecule has 68 valence electrons. The van der Waals surface area contributed by atoms with Crippen LogP contribution in [0, 0.1) is 6.92 Å². The predicted octanol–water partition coefficient (Wildman–Crippen LogP) is 0.574. The highest BCUT2D eigenvalue weighted by Gasteiger charge is 1.98. The normalized spacial score (nSPS) is 9.25. The maximum Gasteiger partial charge on any atom is 0.254 e. The molecule has 0 saturated carbocycles. The van der Waals surface area contributed by atoms with Gasteiger partial charge in [0.15, 0.2) is 0 Å². The van der Waals surface area contributed by atoms with E-state index in [0.717, 1.165) is 5.56 Å². The zero-order valence-corrected chi connectivity index (χ0v) is 8.02. The molecule has 4 heteroatoms. The van der Waals surface area contributed by atoms with Crippen LogP contribution in [0.25, 0.3) is 0 Å². The van der Waals surface area contributed by atoms with Gasteiger partial charge in [0.05, 0.1) is 0 Å². The maximum atomic E-state index is 11.2. The Labute approximate surface area is 77.6 Å². The van der Waals surface area contributed by atoms with E-state index in [-0.39, 0.29) is 18.0 Å². The zero-order chi connectivity index (χ0) is 8.43. The molecule has 3 nitrogen and oxygen atoms in total. The maximum absolute atomic E-state index is 11.2. The van der Waals surface area contributed by atoms with Crippen LogP contribution in [0.4, 0.5) is 0 Å². The Morgan fingerprint density at radius 2 is 2.17 bits per heavy atom. The van der Waals surface area contributed by atoms with E-state index in [1.165, 1.54) is 0 Å². The molecule has 0 spiro atoms. The first-order valence-electron chi connectivity index (χ1n) is 3.51. The van der Waals surface area contributed by atoms with Gasteiger partial charge in [-0.15, -0.1) is 12.4 Å². The van der Waals surface area contributed by atoms with Crippen LogP contribution in [0.15, 0.2) is 17.1 Å². The average molecular weight is 189 g/mol. The molecule has 0 aliphatic heterocycles. The number of hydrogen-bond acceptors (Lipinski definition) is 2. The molecule has 0 unspecified atom stereocenters. The van der Waals surface area contributed by atoms with E-state index in [0.29, 0.717) is 12.1 Å². The minimum atomic E-state index is -0.00176. The first-order valence-corrected chi connectivity index (χ1v) is 3.51. The summed E-state index contributed by atoms with van der Waals surface area (Å²) in [5.41, 5.74) is 7.11. The van der Waals surface area contributed by atoms with Gasteiger partial charge in [-0.25, -0.2) is 0 Å². The highest BCUT2D eigenvalue weighted by molar-refractivity contribution is 5.85. The molecule has 0 saturated heterocycles. The highest BCUT2D eigenvalue weighted by atomic mass is 35.5. The summed E-state index contributed by atoms with van der Waals surface area (Å²) in [6.07, 6.45) is 1.79. The third-order valence-electron chi connectivity index (χ3n) is 1.61. The Kier molecular flexibility index (Phi) is 4.00. The molecule has 0 atom stereocenters. The summed E-state index contributed by atoms with van der Waals surface area (Å²) >= 11 is 0. The third-order valence-corrected chi connectivity index (χ3v) is 1.61. The molecule has 1 aromatic heterocycles. The molecular formula is C8H13ClN2O. The van der Waals surface area contributed by atoms with Gasteiger partial charge in [-0.05, 0) is 18.6 Å². The lowest BCUT2D eigenvalue weighted by molar-refractivity contribution is 0.822. The van der Waals surface area contributed by atoms with Crippen LogP contribution < -0.4 is 11.3 Å². The predicted molar refractivity (Wildman–Crippen MR) is 51.6 cm³/mol. The number of pyridine rings is 1. The van der Waals surface area contributed by atoms with Gasteiger partial charge in [0.1, 0.15) is 0 Å². The molecule has 1 rings (SSSR count). The number of aromatic nitrogens is 1. The summed E-state index contributed by atoms with van der Waals surface area (Å²) in [5, 5.41) is 0. The molecule has 0 radical (unpaired) electrons. The Hall–Kier alpha value is -0.800. The van der Waals surface area contributed by atoms with Crippen LogP contribution in [0.5, 0.6) is 0 Å². The second-order valence-corrected chi connectivity index (χ2v) is 2.66. The van der Waals surface area contributed by atoms with Crippen molar-refractivity contribution in [2.45, 2.75) is 13.5 Å². The van der Waals surface area contributed by atoms with E-state index in [4.69, 9.17) is 5.73 Å². The molecule has 1 heterocycles. The Balaban J connectivity index is 0.00000121. The quantitative estimate of drug-likeness (QED) is 0.701. The van der Waals surface area contributed by atoms with E-state index < -0.39 is 0 Å². The van der Waals surface area contributed by atoms with Crippen molar-refractivity contribution in [1.29, 1.82) is 0 Å². The molecule has 2 N–H and O–H groups in total. The van der Waals surface area contributed by atoms with Crippen molar-refractivity contribution in [3.8, 4) is 0 Å². The van der Waals surface area contributed by atoms with E-state index >= 15 is 0 Å². The van der Waals surface area contributed by atoms with E-state index in [9.17, 15) is 4.79 Å². The van der Waals surface area contributed by atoms with E-state index in [1.807, 2.05) is 13.0 Å². The smallest absolute Gasteiger partial charge is 0.254 e. The first kappa shape index (κ1) is 11.2. The van der Waals surface area contributed by atoms with Gasteiger partial charge in [-0.3, -0.25) is 4.79 Å². The van der Waals surface area contributed by atoms with Crippen molar-refractivity contribution in [3.05, 3.63) is 33.7 Å². The fourth-order valence-corrected chi connectivity index (χ4v) is 1.11. The van der Waals surface area contributed by atoms with Crippen LogP contribution in [0.2, 0.25) is 0 Å². The second-order valence-electron chi connectivity index (χ2n) is 2.66. The number of aryl methyl sites for hydroxylation is 2. The number of hydrogen-bond donors (Lipinski definition) is 1. The summed E-state index contributed by atoms with van der Waals surface area (Å²) in [7, 11) is 1.73. The lowest BCUT2D eigenvalue weighted by Crippen LogP contribution is -2.22. The van der Waals surface area contributed by atoms with Gasteiger partial charge in [0, 0.05) is 25.4 Å². The van der Waals surface area contributed by atoms with Gasteiger partial charge in [-0.2, -0.15) is 0 Å². The van der Waals surface area contributed by atoms with Crippen LogP contribution in [-0.2, 0) is 13.6 Å². The molecular weight excluding hydrogens is 176 g/mol. The van der Waals surface area contributed by atoms with Gasteiger partial charge >= 0.3 is 0 Å². The molecule has 0 fully saturated rings. The first-order chi connectivity index (χ1) is 5.15. The zero-order valence-electron chi connectivity index (χ0n) is 7.20. The molecule has 1 aromatic rings. The third kappa shape index (κ3) is 2.09. The average Bonchev–Trinajstić information content (AvgIpc) is 1.96. The fourth-order valence-electron chi connectivity index (χ4n) is 1.11. The number of rotatable bonds is 1. The van der Waals surface area contributed by atoms with Crippen molar-refractivity contribution >= 4 is 12.4 Å². The SMILES string of the molecule is Cc1cc(CN)c(=O)n(C)c1.Cl. The minimum absolute atomic E-state index is 0. The Morgan fingerprint density at radius 3 is 2.67 bits per heavy atom. The Bertz CT molecular complexity index is 319. The summed E-state index contributed by atoms with van der Waals surface area (Å²) in [4.78, 5) is 11.2. The lowest BCUT2D eigenvalue weighted by Gasteiger charge is -2.02. The van der Waals surface area contributed by atoms with Gasteiger partial charge < -0.3 is 10.3 Å². The summed E-state index contributed by atoms with van der Waals surface area (Å²) in [6.45, 7) is 2.26. The van der Waals surface area contributed by atoms with Gasteiger partial charge in [-0.1, -0.05) is 0 Å². The van der Waals surface area contributed by atoms with Crippen LogP contribution in [-0.4, -0.2) is 4.57 Å². The molecule has 12 heavy (non-hydrogen) atoms. The van der Waals surface area contributed by atoms with Crippen molar-refractivity contribution in [2.24, 2.45) is 12.8 Å². The van der Waals surface area contributed by atoms with Crippen LogP contribution in [0.3, 0.4) is 0 Å². The number of nitrogens with two attached hydrogens (primary N) is 1. The Morgan fingerprint density at radius 1 is 1.58 bits per heavy atom. The van der Waals surface area contributed by atoms with E-state index in [2.05, 4.69) is 0 Å². The minimum Gasteiger partial charge on any atom is -0.326 e. The van der Waals surface area contributed by atoms with Crippen LogP contribution >= 0.6 is 12.4 Å². The van der Waals surface area contributed by atoms with Crippen LogP contribution in [0.1, 0.15) is 11.1 Å². The van der Waals surface area contributed by atoms with Crippen molar-refractivity contribution in [2.75, 3.05) is 0 Å². The highest BCUT2D eigenvalue weighted by Crippen LogP contribution is 1.96. The van der Waals surface area contributed by atoms with Gasteiger partial charge in [0.25, 0.3) is 5.56 Å². The fraction of sp³-hybridized carbons (Fsp3) is 0.375. The molecule has 0 aliphatic carbocycles. The monoisotopic (exact) mass is 188 g/mol. The standard InChI is InChI=1S/C8H12N2O.ClH/c1-6-3-7(4-9)8(11)10(2)5-6;/h3,5H,4,9H2,1-2H3;1H. The van der Waals surface area contributed by atoms with Crippen molar-refractivity contribution in [1.82, 2.24) is 4.57 Å². The molecule has 0 aromatic carbocycles. The largest absolute Gasteiger partial charge is 0.326 e. The van der Waals surface area contributed by atoms with Crippen molar-refractivity contribution < 1.29 is 0 Å².